The molecule has 0 spiro atoms. The Morgan fingerprint density at radius 3 is 2.61 bits per heavy atom. The lowest BCUT2D eigenvalue weighted by atomic mass is 10.1. The molecule has 0 saturated heterocycles. The summed E-state index contributed by atoms with van der Waals surface area (Å²) in [6.45, 7) is 1.67. The highest BCUT2D eigenvalue weighted by Gasteiger charge is 2.10. The van der Waals surface area contributed by atoms with Crippen LogP contribution < -0.4 is 0 Å². The first-order valence-corrected chi connectivity index (χ1v) is 6.84. The fourth-order valence-electron chi connectivity index (χ4n) is 1.92. The molecular weight excluding hydrogens is 301 g/mol. The fourth-order valence-corrected chi connectivity index (χ4v) is 1.92. The minimum Gasteiger partial charge on any atom is -0.455 e. The van der Waals surface area contributed by atoms with Crippen LogP contribution in [0.2, 0.25) is 0 Å². The highest BCUT2D eigenvalue weighted by molar-refractivity contribution is 5.87. The number of nitro benzene ring substituents is 1. The van der Waals surface area contributed by atoms with Crippen molar-refractivity contribution in [2.75, 3.05) is 0 Å². The molecule has 118 valence electrons. The molecule has 1 atom stereocenters. The monoisotopic (exact) mass is 315 g/mol. The van der Waals surface area contributed by atoms with E-state index in [2.05, 4.69) is 0 Å². The number of carbonyl (C=O) groups excluding carboxylic acids is 1. The van der Waals surface area contributed by atoms with Crippen molar-refractivity contribution in [2.24, 2.45) is 0 Å². The van der Waals surface area contributed by atoms with Crippen LogP contribution in [0.15, 0.2) is 54.6 Å². The Kier molecular flexibility index (Phi) is 5.19. The maximum atomic E-state index is 12.8. The smallest absolute Gasteiger partial charge is 0.331 e. The van der Waals surface area contributed by atoms with Crippen LogP contribution in [0.25, 0.3) is 6.08 Å². The first-order valence-electron chi connectivity index (χ1n) is 6.84. The number of hydrogen-bond donors (Lipinski definition) is 0. The van der Waals surface area contributed by atoms with Crippen LogP contribution in [-0.2, 0) is 9.53 Å². The molecule has 2 rings (SSSR count). The van der Waals surface area contributed by atoms with E-state index in [4.69, 9.17) is 4.74 Å². The zero-order chi connectivity index (χ0) is 16.8. The zero-order valence-corrected chi connectivity index (χ0v) is 12.3. The summed E-state index contributed by atoms with van der Waals surface area (Å²) in [5, 5.41) is 10.7. The van der Waals surface area contributed by atoms with Gasteiger partial charge in [-0.15, -0.1) is 0 Å². The minimum absolute atomic E-state index is 0.0554. The molecule has 0 radical (unpaired) electrons. The van der Waals surface area contributed by atoms with Gasteiger partial charge in [-0.1, -0.05) is 24.3 Å². The average Bonchev–Trinajstić information content (AvgIpc) is 2.53. The number of hydrogen-bond acceptors (Lipinski definition) is 4. The van der Waals surface area contributed by atoms with Crippen LogP contribution >= 0.6 is 0 Å². The molecule has 6 heteroatoms. The standard InChI is InChI=1S/C17H14FNO4/c1-12(14-6-8-15(18)9-7-14)23-17(20)10-5-13-3-2-4-16(11-13)19(21)22/h2-12H,1H3/b10-5+/t12-/m0/s1. The molecule has 0 aromatic heterocycles. The van der Waals surface area contributed by atoms with Gasteiger partial charge in [0.25, 0.3) is 5.69 Å². The second-order valence-corrected chi connectivity index (χ2v) is 4.82. The van der Waals surface area contributed by atoms with Crippen molar-refractivity contribution in [1.29, 1.82) is 0 Å². The summed E-state index contributed by atoms with van der Waals surface area (Å²) in [7, 11) is 0. The number of carbonyl (C=O) groups is 1. The van der Waals surface area contributed by atoms with Gasteiger partial charge in [0, 0.05) is 18.2 Å². The predicted molar refractivity (Wildman–Crippen MR) is 83.0 cm³/mol. The maximum absolute atomic E-state index is 12.8. The molecule has 2 aromatic rings. The van der Waals surface area contributed by atoms with Crippen LogP contribution in [0.4, 0.5) is 10.1 Å². The fraction of sp³-hybridized carbons (Fsp3) is 0.118. The predicted octanol–water partition coefficient (Wildman–Crippen LogP) is 4.05. The van der Waals surface area contributed by atoms with Gasteiger partial charge in [0.2, 0.25) is 0 Å². The van der Waals surface area contributed by atoms with Crippen LogP contribution in [0.5, 0.6) is 0 Å². The highest BCUT2D eigenvalue weighted by atomic mass is 19.1. The number of nitrogens with zero attached hydrogens (tertiary/aromatic N) is 1. The van der Waals surface area contributed by atoms with Crippen molar-refractivity contribution in [3.63, 3.8) is 0 Å². The van der Waals surface area contributed by atoms with Crippen LogP contribution in [-0.4, -0.2) is 10.9 Å². The number of halogens is 1. The van der Waals surface area contributed by atoms with E-state index in [-0.39, 0.29) is 11.5 Å². The van der Waals surface area contributed by atoms with E-state index < -0.39 is 17.0 Å². The van der Waals surface area contributed by atoms with Gasteiger partial charge in [0.1, 0.15) is 11.9 Å². The van der Waals surface area contributed by atoms with Crippen molar-refractivity contribution in [2.45, 2.75) is 13.0 Å². The van der Waals surface area contributed by atoms with Gasteiger partial charge in [-0.05, 0) is 36.3 Å². The third-order valence-electron chi connectivity index (χ3n) is 3.13. The van der Waals surface area contributed by atoms with Crippen molar-refractivity contribution in [1.82, 2.24) is 0 Å². The number of non-ortho nitro benzene ring substituents is 1. The van der Waals surface area contributed by atoms with E-state index >= 15 is 0 Å². The van der Waals surface area contributed by atoms with Crippen molar-refractivity contribution < 1.29 is 18.8 Å². The lowest BCUT2D eigenvalue weighted by molar-refractivity contribution is -0.384. The number of ether oxygens (including phenoxy) is 1. The number of rotatable bonds is 5. The molecule has 0 bridgehead atoms. The summed E-state index contributed by atoms with van der Waals surface area (Å²) < 4.78 is 18.0. The van der Waals surface area contributed by atoms with E-state index in [1.165, 1.54) is 54.6 Å². The summed E-state index contributed by atoms with van der Waals surface area (Å²) in [5.41, 5.74) is 1.13. The van der Waals surface area contributed by atoms with Gasteiger partial charge < -0.3 is 4.74 Å². The van der Waals surface area contributed by atoms with E-state index in [1.54, 1.807) is 13.0 Å². The summed E-state index contributed by atoms with van der Waals surface area (Å²) in [6.07, 6.45) is 2.10. The van der Waals surface area contributed by atoms with E-state index in [0.717, 1.165) is 0 Å². The highest BCUT2D eigenvalue weighted by Crippen LogP contribution is 2.18. The minimum atomic E-state index is -0.590. The van der Waals surface area contributed by atoms with Gasteiger partial charge in [0.15, 0.2) is 0 Å². The molecular formula is C17H14FNO4. The zero-order valence-electron chi connectivity index (χ0n) is 12.3. The maximum Gasteiger partial charge on any atom is 0.331 e. The first kappa shape index (κ1) is 16.4. The summed E-state index contributed by atoms with van der Waals surface area (Å²) in [6, 6.07) is 11.6. The third-order valence-corrected chi connectivity index (χ3v) is 3.13. The number of esters is 1. The largest absolute Gasteiger partial charge is 0.455 e. The molecule has 0 saturated carbocycles. The Labute approximate surface area is 132 Å². The molecule has 0 aliphatic heterocycles. The summed E-state index contributed by atoms with van der Waals surface area (Å²) >= 11 is 0. The topological polar surface area (TPSA) is 69.4 Å². The Hall–Kier alpha value is -3.02. The van der Waals surface area contributed by atoms with E-state index in [1.807, 2.05) is 0 Å². The molecule has 0 unspecified atom stereocenters. The van der Waals surface area contributed by atoms with E-state index in [9.17, 15) is 19.3 Å². The second kappa shape index (κ2) is 7.31. The quantitative estimate of drug-likeness (QED) is 0.361. The van der Waals surface area contributed by atoms with Gasteiger partial charge >= 0.3 is 5.97 Å². The first-order chi connectivity index (χ1) is 11.0. The van der Waals surface area contributed by atoms with Gasteiger partial charge in [-0.3, -0.25) is 10.1 Å². The molecule has 5 nitrogen and oxygen atoms in total. The second-order valence-electron chi connectivity index (χ2n) is 4.82. The lowest BCUT2D eigenvalue weighted by Gasteiger charge is -2.11. The Bertz CT molecular complexity index is 741. The summed E-state index contributed by atoms with van der Waals surface area (Å²) in [4.78, 5) is 21.9. The van der Waals surface area contributed by atoms with Gasteiger partial charge in [0.05, 0.1) is 4.92 Å². The number of benzene rings is 2. The molecule has 0 heterocycles. The van der Waals surface area contributed by atoms with Crippen LogP contribution in [0, 0.1) is 15.9 Å². The van der Waals surface area contributed by atoms with Crippen LogP contribution in [0.1, 0.15) is 24.2 Å². The molecule has 23 heavy (non-hydrogen) atoms. The Morgan fingerprint density at radius 1 is 1.26 bits per heavy atom. The Balaban J connectivity index is 2.00. The molecule has 0 aliphatic rings. The molecule has 0 fully saturated rings. The van der Waals surface area contributed by atoms with E-state index in [0.29, 0.717) is 11.1 Å². The van der Waals surface area contributed by atoms with Gasteiger partial charge in [-0.2, -0.15) is 0 Å². The molecule has 0 N–H and O–H groups in total. The third kappa shape index (κ3) is 4.74. The van der Waals surface area contributed by atoms with Crippen molar-refractivity contribution in [3.05, 3.63) is 81.7 Å². The average molecular weight is 315 g/mol. The van der Waals surface area contributed by atoms with Gasteiger partial charge in [-0.25, -0.2) is 9.18 Å². The SMILES string of the molecule is C[C@H](OC(=O)/C=C/c1cccc([N+](=O)[O-])c1)c1ccc(F)cc1. The van der Waals surface area contributed by atoms with Crippen molar-refractivity contribution >= 4 is 17.7 Å². The molecule has 0 aliphatic carbocycles. The number of nitro groups is 1. The normalized spacial score (nSPS) is 12.1. The molecule has 2 aromatic carbocycles. The van der Waals surface area contributed by atoms with Crippen molar-refractivity contribution in [3.8, 4) is 0 Å². The lowest BCUT2D eigenvalue weighted by Crippen LogP contribution is -2.06. The molecule has 0 amide bonds. The Morgan fingerprint density at radius 2 is 1.96 bits per heavy atom. The summed E-state index contributed by atoms with van der Waals surface area (Å²) in [5.74, 6) is -0.953. The van der Waals surface area contributed by atoms with Crippen LogP contribution in [0.3, 0.4) is 0 Å².